The van der Waals surface area contributed by atoms with Gasteiger partial charge in [-0.05, 0) is 30.7 Å². The summed E-state index contributed by atoms with van der Waals surface area (Å²) in [6.07, 6.45) is 6.69. The van der Waals surface area contributed by atoms with Crippen molar-refractivity contribution in [3.8, 4) is 0 Å². The Labute approximate surface area is 122 Å². The van der Waals surface area contributed by atoms with E-state index in [4.69, 9.17) is 5.73 Å². The first-order chi connectivity index (χ1) is 9.46. The molecule has 3 N–H and O–H groups in total. The number of fused-ring (bicyclic) bond motifs is 1. The van der Waals surface area contributed by atoms with Gasteiger partial charge in [-0.1, -0.05) is 13.8 Å². The van der Waals surface area contributed by atoms with E-state index in [1.54, 1.807) is 12.4 Å². The third-order valence-electron chi connectivity index (χ3n) is 4.04. The van der Waals surface area contributed by atoms with Crippen molar-refractivity contribution in [1.82, 2.24) is 10.3 Å². The molecule has 0 spiro atoms. The molecule has 1 saturated carbocycles. The van der Waals surface area contributed by atoms with Crippen molar-refractivity contribution >= 4 is 33.0 Å². The normalized spacial score (nSPS) is 21.2. The Balaban J connectivity index is 1.81. The largest absolute Gasteiger partial charge is 0.397 e. The molecule has 1 aliphatic rings. The quantitative estimate of drug-likeness (QED) is 0.892. The highest BCUT2D eigenvalue weighted by Gasteiger charge is 2.32. The molecule has 0 aliphatic heterocycles. The fourth-order valence-electron chi connectivity index (χ4n) is 2.95. The van der Waals surface area contributed by atoms with Crippen LogP contribution in [-0.2, 0) is 0 Å². The summed E-state index contributed by atoms with van der Waals surface area (Å²) >= 11 is 1.42. The zero-order valence-corrected chi connectivity index (χ0v) is 12.6. The molecule has 1 aliphatic carbocycles. The standard InChI is InChI=1S/C15H19N3OS/c1-15(2)5-3-9(7-15)18-14(19)13-12(16)10-4-6-17-8-11(10)20-13/h4,6,8-9H,3,5,7,16H2,1-2H3,(H,18,19). The molecule has 4 nitrogen and oxygen atoms in total. The molecule has 2 aromatic rings. The summed E-state index contributed by atoms with van der Waals surface area (Å²) in [5.74, 6) is -0.0496. The number of thiophene rings is 1. The van der Waals surface area contributed by atoms with Gasteiger partial charge in [0.1, 0.15) is 4.88 Å². The van der Waals surface area contributed by atoms with Crippen LogP contribution in [0.2, 0.25) is 0 Å². The van der Waals surface area contributed by atoms with E-state index in [1.165, 1.54) is 11.3 Å². The van der Waals surface area contributed by atoms with Gasteiger partial charge in [0.25, 0.3) is 5.91 Å². The van der Waals surface area contributed by atoms with Gasteiger partial charge in [0.2, 0.25) is 0 Å². The molecule has 2 aromatic heterocycles. The zero-order chi connectivity index (χ0) is 14.3. The van der Waals surface area contributed by atoms with Crippen LogP contribution in [-0.4, -0.2) is 16.9 Å². The van der Waals surface area contributed by atoms with Crippen molar-refractivity contribution in [2.24, 2.45) is 5.41 Å². The summed E-state index contributed by atoms with van der Waals surface area (Å²) in [6.45, 7) is 4.50. The number of nitrogens with one attached hydrogen (secondary N) is 1. The molecular formula is C15H19N3OS. The Hall–Kier alpha value is -1.62. The fourth-order valence-corrected chi connectivity index (χ4v) is 3.94. The molecule has 0 bridgehead atoms. The maximum absolute atomic E-state index is 12.4. The maximum atomic E-state index is 12.4. The molecule has 1 unspecified atom stereocenters. The molecule has 0 radical (unpaired) electrons. The van der Waals surface area contributed by atoms with E-state index in [0.29, 0.717) is 16.0 Å². The fraction of sp³-hybridized carbons (Fsp3) is 0.467. The Morgan fingerprint density at radius 1 is 1.55 bits per heavy atom. The molecule has 1 atom stereocenters. The third kappa shape index (κ3) is 2.38. The van der Waals surface area contributed by atoms with Gasteiger partial charge in [0, 0.05) is 23.8 Å². The topological polar surface area (TPSA) is 68.0 Å². The molecule has 5 heteroatoms. The molecule has 0 saturated heterocycles. The maximum Gasteiger partial charge on any atom is 0.263 e. The van der Waals surface area contributed by atoms with Crippen LogP contribution in [0.25, 0.3) is 10.1 Å². The second kappa shape index (κ2) is 4.74. The lowest BCUT2D eigenvalue weighted by Crippen LogP contribution is -2.33. The number of amides is 1. The van der Waals surface area contributed by atoms with Crippen LogP contribution >= 0.6 is 11.3 Å². The van der Waals surface area contributed by atoms with E-state index in [0.717, 1.165) is 29.3 Å². The summed E-state index contributed by atoms with van der Waals surface area (Å²) < 4.78 is 0.960. The number of nitrogens with zero attached hydrogens (tertiary/aromatic N) is 1. The molecular weight excluding hydrogens is 270 g/mol. The van der Waals surface area contributed by atoms with Gasteiger partial charge in [0.15, 0.2) is 0 Å². The summed E-state index contributed by atoms with van der Waals surface area (Å²) in [4.78, 5) is 17.1. The number of carbonyl (C=O) groups excluding carboxylic acids is 1. The van der Waals surface area contributed by atoms with E-state index in [-0.39, 0.29) is 11.9 Å². The van der Waals surface area contributed by atoms with Crippen LogP contribution in [0.1, 0.15) is 42.8 Å². The van der Waals surface area contributed by atoms with E-state index >= 15 is 0 Å². The Morgan fingerprint density at radius 3 is 3.00 bits per heavy atom. The third-order valence-corrected chi connectivity index (χ3v) is 5.20. The first-order valence-corrected chi connectivity index (χ1v) is 7.71. The number of hydrogen-bond acceptors (Lipinski definition) is 4. The minimum absolute atomic E-state index is 0.0496. The van der Waals surface area contributed by atoms with Gasteiger partial charge in [-0.2, -0.15) is 0 Å². The molecule has 2 heterocycles. The highest BCUT2D eigenvalue weighted by Crippen LogP contribution is 2.38. The molecule has 3 rings (SSSR count). The Kier molecular flexibility index (Phi) is 3.17. The number of rotatable bonds is 2. The molecule has 106 valence electrons. The average Bonchev–Trinajstić information content (AvgIpc) is 2.91. The molecule has 1 fully saturated rings. The van der Waals surface area contributed by atoms with Crippen molar-refractivity contribution in [3.63, 3.8) is 0 Å². The lowest BCUT2D eigenvalue weighted by Gasteiger charge is -2.17. The number of carbonyl (C=O) groups is 1. The summed E-state index contributed by atoms with van der Waals surface area (Å²) in [6, 6.07) is 2.12. The highest BCUT2D eigenvalue weighted by atomic mass is 32.1. The lowest BCUT2D eigenvalue weighted by atomic mass is 9.92. The van der Waals surface area contributed by atoms with Gasteiger partial charge in [-0.15, -0.1) is 11.3 Å². The van der Waals surface area contributed by atoms with Crippen LogP contribution in [0.5, 0.6) is 0 Å². The first-order valence-electron chi connectivity index (χ1n) is 6.89. The summed E-state index contributed by atoms with van der Waals surface area (Å²) in [7, 11) is 0. The minimum Gasteiger partial charge on any atom is -0.397 e. The van der Waals surface area contributed by atoms with E-state index in [9.17, 15) is 4.79 Å². The monoisotopic (exact) mass is 289 g/mol. The van der Waals surface area contributed by atoms with Crippen LogP contribution < -0.4 is 11.1 Å². The summed E-state index contributed by atoms with van der Waals surface area (Å²) in [5, 5.41) is 4.04. The van der Waals surface area contributed by atoms with Gasteiger partial charge in [-0.25, -0.2) is 0 Å². The Morgan fingerprint density at radius 2 is 2.35 bits per heavy atom. The van der Waals surface area contributed by atoms with Crippen LogP contribution in [0.4, 0.5) is 5.69 Å². The van der Waals surface area contributed by atoms with Gasteiger partial charge in [-0.3, -0.25) is 9.78 Å². The second-order valence-electron chi connectivity index (χ2n) is 6.29. The van der Waals surface area contributed by atoms with Crippen molar-refractivity contribution < 1.29 is 4.79 Å². The van der Waals surface area contributed by atoms with Crippen molar-refractivity contribution in [3.05, 3.63) is 23.3 Å². The Bertz CT molecular complexity index is 662. The predicted octanol–water partition coefficient (Wildman–Crippen LogP) is 3.19. The molecule has 1 amide bonds. The predicted molar refractivity (Wildman–Crippen MR) is 82.9 cm³/mol. The lowest BCUT2D eigenvalue weighted by molar-refractivity contribution is 0.0941. The van der Waals surface area contributed by atoms with Crippen LogP contribution in [0, 0.1) is 5.41 Å². The van der Waals surface area contributed by atoms with E-state index in [1.807, 2.05) is 6.07 Å². The molecule has 20 heavy (non-hydrogen) atoms. The SMILES string of the molecule is CC1(C)CCC(NC(=O)c2sc3cnccc3c2N)C1. The average molecular weight is 289 g/mol. The number of anilines is 1. The zero-order valence-electron chi connectivity index (χ0n) is 11.8. The van der Waals surface area contributed by atoms with E-state index < -0.39 is 0 Å². The number of pyridine rings is 1. The number of nitrogens with two attached hydrogens (primary N) is 1. The smallest absolute Gasteiger partial charge is 0.263 e. The van der Waals surface area contributed by atoms with Gasteiger partial charge in [0.05, 0.1) is 10.4 Å². The van der Waals surface area contributed by atoms with E-state index in [2.05, 4.69) is 24.1 Å². The number of aromatic nitrogens is 1. The van der Waals surface area contributed by atoms with Crippen molar-refractivity contribution in [2.45, 2.75) is 39.2 Å². The van der Waals surface area contributed by atoms with Crippen molar-refractivity contribution in [2.75, 3.05) is 5.73 Å². The highest BCUT2D eigenvalue weighted by molar-refractivity contribution is 7.21. The van der Waals surface area contributed by atoms with Gasteiger partial charge < -0.3 is 11.1 Å². The van der Waals surface area contributed by atoms with Crippen molar-refractivity contribution in [1.29, 1.82) is 0 Å². The first kappa shape index (κ1) is 13.4. The number of nitrogen functional groups attached to an aromatic ring is 1. The number of hydrogen-bond donors (Lipinski definition) is 2. The molecule has 0 aromatic carbocycles. The van der Waals surface area contributed by atoms with Crippen LogP contribution in [0.15, 0.2) is 18.5 Å². The summed E-state index contributed by atoms with van der Waals surface area (Å²) in [5.41, 5.74) is 6.99. The second-order valence-corrected chi connectivity index (χ2v) is 7.35. The van der Waals surface area contributed by atoms with Gasteiger partial charge >= 0.3 is 0 Å². The minimum atomic E-state index is -0.0496. The van der Waals surface area contributed by atoms with Crippen LogP contribution in [0.3, 0.4) is 0 Å².